The summed E-state index contributed by atoms with van der Waals surface area (Å²) in [5, 5.41) is 11.1. The number of carbonyl (C=O) groups is 2. The van der Waals surface area contributed by atoms with E-state index in [4.69, 9.17) is 15.9 Å². The SMILES string of the molecule is COC(=O)CCNc1nc2ccc(C(=O)Oc3ccc(C(=N)N)cc3)cc2s1. The van der Waals surface area contributed by atoms with Crippen LogP contribution in [-0.2, 0) is 9.53 Å². The molecule has 0 unspecified atom stereocenters. The molecule has 0 spiro atoms. The fourth-order valence-electron chi connectivity index (χ4n) is 2.37. The predicted molar refractivity (Wildman–Crippen MR) is 107 cm³/mol. The standard InChI is InChI=1S/C19H18N4O4S/c1-26-16(24)8-9-22-19-23-14-7-4-12(10-15(14)28-19)18(25)27-13-5-2-11(3-6-13)17(20)21/h2-7,10H,8-9H2,1H3,(H3,20,21)(H,22,23). The maximum Gasteiger partial charge on any atom is 0.343 e. The minimum atomic E-state index is -0.494. The molecule has 0 radical (unpaired) electrons. The number of fused-ring (bicyclic) bond motifs is 1. The van der Waals surface area contributed by atoms with Gasteiger partial charge in [0.15, 0.2) is 5.13 Å². The Balaban J connectivity index is 1.68. The van der Waals surface area contributed by atoms with Gasteiger partial charge in [0.1, 0.15) is 11.6 Å². The summed E-state index contributed by atoms with van der Waals surface area (Å²) in [6, 6.07) is 11.5. The second-order valence-electron chi connectivity index (χ2n) is 5.78. The summed E-state index contributed by atoms with van der Waals surface area (Å²) in [7, 11) is 1.35. The molecule has 0 aliphatic carbocycles. The number of amidine groups is 1. The Labute approximate surface area is 164 Å². The van der Waals surface area contributed by atoms with Crippen LogP contribution in [0.25, 0.3) is 10.2 Å². The highest BCUT2D eigenvalue weighted by molar-refractivity contribution is 7.22. The van der Waals surface area contributed by atoms with Gasteiger partial charge in [-0.25, -0.2) is 9.78 Å². The Bertz CT molecular complexity index is 1030. The molecule has 3 rings (SSSR count). The maximum absolute atomic E-state index is 12.4. The quantitative estimate of drug-likeness (QED) is 0.242. The van der Waals surface area contributed by atoms with Gasteiger partial charge in [0.2, 0.25) is 0 Å². The maximum atomic E-state index is 12.4. The highest BCUT2D eigenvalue weighted by Crippen LogP contribution is 2.27. The number of nitrogens with two attached hydrogens (primary N) is 1. The van der Waals surface area contributed by atoms with Crippen molar-refractivity contribution in [2.24, 2.45) is 5.73 Å². The first-order valence-electron chi connectivity index (χ1n) is 8.34. The summed E-state index contributed by atoms with van der Waals surface area (Å²) in [5.74, 6) is -0.477. The molecule has 0 atom stereocenters. The van der Waals surface area contributed by atoms with Crippen LogP contribution in [0.3, 0.4) is 0 Å². The third kappa shape index (κ3) is 4.63. The summed E-state index contributed by atoms with van der Waals surface area (Å²) in [6.07, 6.45) is 0.242. The second kappa shape index (κ2) is 8.49. The van der Waals surface area contributed by atoms with Crippen LogP contribution in [0.5, 0.6) is 5.75 Å². The number of methoxy groups -OCH3 is 1. The van der Waals surface area contributed by atoms with Crippen molar-refractivity contribution in [1.29, 1.82) is 5.41 Å². The molecule has 0 amide bonds. The Hall–Kier alpha value is -3.46. The number of anilines is 1. The van der Waals surface area contributed by atoms with Crippen molar-refractivity contribution in [2.75, 3.05) is 19.0 Å². The number of carbonyl (C=O) groups excluding carboxylic acids is 2. The number of thiazole rings is 1. The topological polar surface area (TPSA) is 127 Å². The van der Waals surface area contributed by atoms with Crippen molar-refractivity contribution < 1.29 is 19.1 Å². The van der Waals surface area contributed by atoms with Crippen molar-refractivity contribution in [3.05, 3.63) is 53.6 Å². The molecule has 0 aliphatic rings. The first-order chi connectivity index (χ1) is 13.5. The second-order valence-corrected chi connectivity index (χ2v) is 6.81. The summed E-state index contributed by atoms with van der Waals surface area (Å²) in [6.45, 7) is 0.414. The summed E-state index contributed by atoms with van der Waals surface area (Å²) in [5.41, 5.74) is 7.10. The van der Waals surface area contributed by atoms with E-state index in [0.717, 1.165) is 10.2 Å². The number of benzene rings is 2. The number of aromatic nitrogens is 1. The molecule has 0 fully saturated rings. The molecule has 9 heteroatoms. The summed E-state index contributed by atoms with van der Waals surface area (Å²) in [4.78, 5) is 28.0. The number of nitrogens with zero attached hydrogens (tertiary/aromatic N) is 1. The lowest BCUT2D eigenvalue weighted by Crippen LogP contribution is -2.11. The number of ether oxygens (including phenoxy) is 2. The highest BCUT2D eigenvalue weighted by atomic mass is 32.1. The Morgan fingerprint density at radius 3 is 2.57 bits per heavy atom. The third-order valence-electron chi connectivity index (χ3n) is 3.83. The molecule has 0 saturated carbocycles. The fraction of sp³-hybridized carbons (Fsp3) is 0.158. The lowest BCUT2D eigenvalue weighted by Gasteiger charge is -2.05. The van der Waals surface area contributed by atoms with Gasteiger partial charge in [-0.1, -0.05) is 11.3 Å². The monoisotopic (exact) mass is 398 g/mol. The van der Waals surface area contributed by atoms with E-state index in [2.05, 4.69) is 15.0 Å². The van der Waals surface area contributed by atoms with Crippen LogP contribution < -0.4 is 15.8 Å². The molecular weight excluding hydrogens is 380 g/mol. The van der Waals surface area contributed by atoms with Gasteiger partial charge < -0.3 is 20.5 Å². The molecule has 2 aromatic carbocycles. The zero-order chi connectivity index (χ0) is 20.1. The van der Waals surface area contributed by atoms with Crippen LogP contribution in [0, 0.1) is 5.41 Å². The van der Waals surface area contributed by atoms with E-state index >= 15 is 0 Å². The van der Waals surface area contributed by atoms with E-state index < -0.39 is 5.97 Å². The number of rotatable bonds is 7. The first-order valence-corrected chi connectivity index (χ1v) is 9.16. The van der Waals surface area contributed by atoms with Gasteiger partial charge >= 0.3 is 11.9 Å². The molecular formula is C19H18N4O4S. The summed E-state index contributed by atoms with van der Waals surface area (Å²) < 4.78 is 10.8. The lowest BCUT2D eigenvalue weighted by atomic mass is 10.2. The van der Waals surface area contributed by atoms with Crippen molar-refractivity contribution in [3.63, 3.8) is 0 Å². The minimum absolute atomic E-state index is 0.0514. The zero-order valence-electron chi connectivity index (χ0n) is 15.0. The predicted octanol–water partition coefficient (Wildman–Crippen LogP) is 2.77. The largest absolute Gasteiger partial charge is 0.469 e. The van der Waals surface area contributed by atoms with Gasteiger partial charge in [0, 0.05) is 12.1 Å². The van der Waals surface area contributed by atoms with Gasteiger partial charge in [-0.05, 0) is 42.5 Å². The average molecular weight is 398 g/mol. The van der Waals surface area contributed by atoms with Gasteiger partial charge in [-0.15, -0.1) is 0 Å². The molecule has 1 aromatic heterocycles. The van der Waals surface area contributed by atoms with Gasteiger partial charge in [-0.2, -0.15) is 0 Å². The van der Waals surface area contributed by atoms with Crippen LogP contribution in [0.4, 0.5) is 5.13 Å². The number of nitrogens with one attached hydrogen (secondary N) is 2. The molecule has 0 saturated heterocycles. The van der Waals surface area contributed by atoms with Crippen LogP contribution >= 0.6 is 11.3 Å². The van der Waals surface area contributed by atoms with E-state index in [-0.39, 0.29) is 18.2 Å². The van der Waals surface area contributed by atoms with E-state index in [1.54, 1.807) is 42.5 Å². The van der Waals surface area contributed by atoms with Gasteiger partial charge in [0.25, 0.3) is 0 Å². The van der Waals surface area contributed by atoms with Crippen LogP contribution in [0.2, 0.25) is 0 Å². The molecule has 0 aliphatic heterocycles. The Kier molecular flexibility index (Phi) is 5.85. The van der Waals surface area contributed by atoms with Gasteiger partial charge in [-0.3, -0.25) is 10.2 Å². The van der Waals surface area contributed by atoms with E-state index in [1.807, 2.05) is 0 Å². The van der Waals surface area contributed by atoms with Gasteiger partial charge in [0.05, 0.1) is 29.3 Å². The smallest absolute Gasteiger partial charge is 0.343 e. The Morgan fingerprint density at radius 2 is 1.89 bits per heavy atom. The molecule has 8 nitrogen and oxygen atoms in total. The third-order valence-corrected chi connectivity index (χ3v) is 4.81. The first kappa shape index (κ1) is 19.3. The molecule has 28 heavy (non-hydrogen) atoms. The summed E-state index contributed by atoms with van der Waals surface area (Å²) >= 11 is 1.38. The number of nitrogen functional groups attached to an aromatic ring is 1. The van der Waals surface area contributed by atoms with Crippen molar-refractivity contribution in [3.8, 4) is 5.75 Å². The van der Waals surface area contributed by atoms with E-state index in [1.165, 1.54) is 18.4 Å². The lowest BCUT2D eigenvalue weighted by molar-refractivity contribution is -0.140. The fourth-order valence-corrected chi connectivity index (χ4v) is 3.30. The van der Waals surface area contributed by atoms with E-state index in [0.29, 0.717) is 28.6 Å². The highest BCUT2D eigenvalue weighted by Gasteiger charge is 2.12. The molecule has 3 aromatic rings. The molecule has 0 bridgehead atoms. The van der Waals surface area contributed by atoms with Crippen LogP contribution in [-0.4, -0.2) is 36.4 Å². The van der Waals surface area contributed by atoms with Crippen LogP contribution in [0.1, 0.15) is 22.3 Å². The Morgan fingerprint density at radius 1 is 1.18 bits per heavy atom. The number of hydrogen-bond donors (Lipinski definition) is 3. The van der Waals surface area contributed by atoms with E-state index in [9.17, 15) is 9.59 Å². The molecule has 1 heterocycles. The van der Waals surface area contributed by atoms with Crippen molar-refractivity contribution in [1.82, 2.24) is 4.98 Å². The van der Waals surface area contributed by atoms with Crippen LogP contribution in [0.15, 0.2) is 42.5 Å². The number of hydrogen-bond acceptors (Lipinski definition) is 8. The zero-order valence-corrected chi connectivity index (χ0v) is 15.8. The normalized spacial score (nSPS) is 10.5. The molecule has 144 valence electrons. The van der Waals surface area contributed by atoms with Crippen molar-refractivity contribution in [2.45, 2.75) is 6.42 Å². The number of esters is 2. The minimum Gasteiger partial charge on any atom is -0.469 e. The van der Waals surface area contributed by atoms with Crippen molar-refractivity contribution >= 4 is 44.5 Å². The molecule has 4 N–H and O–H groups in total. The average Bonchev–Trinajstić information content (AvgIpc) is 3.10.